The summed E-state index contributed by atoms with van der Waals surface area (Å²) >= 11 is 0. The van der Waals surface area contributed by atoms with Crippen molar-refractivity contribution in [2.45, 2.75) is 26.4 Å². The number of fused-ring (bicyclic) bond motifs is 1. The Kier molecular flexibility index (Phi) is 7.58. The first-order chi connectivity index (χ1) is 18.0. The first-order valence-electron chi connectivity index (χ1n) is 11.7. The number of aryl methyl sites for hydroxylation is 1. The first-order valence-corrected chi connectivity index (χ1v) is 11.7. The molecule has 11 heteroatoms. The summed E-state index contributed by atoms with van der Waals surface area (Å²) in [6.45, 7) is 4.36. The predicted molar refractivity (Wildman–Crippen MR) is 134 cm³/mol. The number of benzene rings is 1. The quantitative estimate of drug-likeness (QED) is 0.418. The Hall–Kier alpha value is -4.12. The van der Waals surface area contributed by atoms with Crippen molar-refractivity contribution < 1.29 is 31.9 Å². The van der Waals surface area contributed by atoms with Crippen LogP contribution in [0.15, 0.2) is 48.8 Å². The van der Waals surface area contributed by atoms with E-state index in [1.165, 1.54) is 6.20 Å². The van der Waals surface area contributed by atoms with Crippen molar-refractivity contribution in [3.8, 4) is 11.1 Å². The largest absolute Gasteiger partial charge is 0.419 e. The van der Waals surface area contributed by atoms with Crippen LogP contribution in [-0.2, 0) is 15.7 Å². The second-order valence-electron chi connectivity index (χ2n) is 8.57. The maximum absolute atomic E-state index is 14.5. The molecule has 4 rings (SSSR count). The number of halogens is 4. The maximum atomic E-state index is 14.5. The van der Waals surface area contributed by atoms with Gasteiger partial charge in [-0.2, -0.15) is 13.2 Å². The molecule has 0 saturated carbocycles. The highest BCUT2D eigenvalue weighted by atomic mass is 19.4. The van der Waals surface area contributed by atoms with Crippen LogP contribution in [0.4, 0.5) is 29.1 Å². The van der Waals surface area contributed by atoms with Crippen molar-refractivity contribution in [2.24, 2.45) is 0 Å². The molecule has 1 N–H and O–H groups in total. The molecular weight excluding hydrogens is 504 g/mol. The molecule has 198 valence electrons. The number of ether oxygens (including phenoxy) is 1. The van der Waals surface area contributed by atoms with Gasteiger partial charge in [0.2, 0.25) is 5.91 Å². The van der Waals surface area contributed by atoms with Crippen LogP contribution in [0.5, 0.6) is 0 Å². The summed E-state index contributed by atoms with van der Waals surface area (Å²) in [7, 11) is 1.55. The number of alkyl halides is 3. The minimum atomic E-state index is -4.94. The van der Waals surface area contributed by atoms with Crippen LogP contribution < -0.4 is 10.2 Å². The van der Waals surface area contributed by atoms with E-state index < -0.39 is 29.0 Å². The van der Waals surface area contributed by atoms with Gasteiger partial charge in [0.25, 0.3) is 5.91 Å². The second kappa shape index (κ2) is 10.7. The molecule has 7 nitrogen and oxygen atoms in total. The molecular formula is C27H24F4N4O3. The summed E-state index contributed by atoms with van der Waals surface area (Å²) in [6.07, 6.45) is -0.0235. The van der Waals surface area contributed by atoms with E-state index in [2.05, 4.69) is 15.3 Å². The van der Waals surface area contributed by atoms with Crippen molar-refractivity contribution in [2.75, 3.05) is 30.5 Å². The van der Waals surface area contributed by atoms with Crippen LogP contribution in [0, 0.1) is 12.7 Å². The van der Waals surface area contributed by atoms with Crippen molar-refractivity contribution in [3.05, 3.63) is 77.0 Å². The lowest BCUT2D eigenvalue weighted by Gasteiger charge is -2.29. The molecule has 0 fully saturated rings. The summed E-state index contributed by atoms with van der Waals surface area (Å²) in [6, 6.07) is 5.96. The third-order valence-corrected chi connectivity index (χ3v) is 6.13. The van der Waals surface area contributed by atoms with E-state index in [-0.39, 0.29) is 18.0 Å². The van der Waals surface area contributed by atoms with Crippen LogP contribution in [-0.4, -0.2) is 42.0 Å². The molecule has 2 aromatic heterocycles. The Morgan fingerprint density at radius 2 is 1.95 bits per heavy atom. The maximum Gasteiger partial charge on any atom is 0.419 e. The summed E-state index contributed by atoms with van der Waals surface area (Å²) in [5, 5.41) is 2.43. The van der Waals surface area contributed by atoms with Gasteiger partial charge in [-0.05, 0) is 43.7 Å². The molecule has 1 aliphatic rings. The Morgan fingerprint density at radius 1 is 1.18 bits per heavy atom. The van der Waals surface area contributed by atoms with Gasteiger partial charge >= 0.3 is 6.18 Å². The number of aromatic nitrogens is 2. The van der Waals surface area contributed by atoms with Gasteiger partial charge in [0.15, 0.2) is 0 Å². The fraction of sp³-hybridized carbons (Fsp3) is 0.259. The number of rotatable bonds is 6. The number of pyridine rings is 2. The van der Waals surface area contributed by atoms with E-state index in [1.807, 2.05) is 19.1 Å². The lowest BCUT2D eigenvalue weighted by Crippen LogP contribution is -2.35. The molecule has 38 heavy (non-hydrogen) atoms. The number of carbonyl (C=O) groups is 2. The lowest BCUT2D eigenvalue weighted by atomic mass is 9.94. The van der Waals surface area contributed by atoms with Gasteiger partial charge in [-0.25, -0.2) is 9.37 Å². The standard InChI is InChI=1S/C27H24F4N4O3/c1-4-35-23(36)11-16(8-9-38-3)21-10-17(13-33-25(21)35)20-12-18(14-32-15(20)2)34-26(37)19-6-5-7-22(24(19)28)27(29,30)31/h5-8,10,12-14H,4,9,11H2,1-3H3,(H,34,37)/b16-8+. The fourth-order valence-corrected chi connectivity index (χ4v) is 4.24. The molecule has 0 aliphatic carbocycles. The predicted octanol–water partition coefficient (Wildman–Crippen LogP) is 5.65. The van der Waals surface area contributed by atoms with E-state index >= 15 is 0 Å². The smallest absolute Gasteiger partial charge is 0.381 e. The molecule has 3 aromatic rings. The monoisotopic (exact) mass is 528 g/mol. The van der Waals surface area contributed by atoms with Crippen molar-refractivity contribution in [1.29, 1.82) is 0 Å². The van der Waals surface area contributed by atoms with E-state index in [1.54, 1.807) is 31.2 Å². The zero-order valence-electron chi connectivity index (χ0n) is 20.8. The lowest BCUT2D eigenvalue weighted by molar-refractivity contribution is -0.140. The molecule has 0 radical (unpaired) electrons. The Balaban J connectivity index is 1.70. The molecule has 0 spiro atoms. The van der Waals surface area contributed by atoms with E-state index in [4.69, 9.17) is 4.74 Å². The number of methoxy groups -OCH3 is 1. The van der Waals surface area contributed by atoms with Crippen LogP contribution in [0.2, 0.25) is 0 Å². The summed E-state index contributed by atoms with van der Waals surface area (Å²) < 4.78 is 58.8. The van der Waals surface area contributed by atoms with Gasteiger partial charge in [-0.3, -0.25) is 19.5 Å². The van der Waals surface area contributed by atoms with E-state index in [0.717, 1.165) is 23.3 Å². The van der Waals surface area contributed by atoms with E-state index in [9.17, 15) is 27.2 Å². The third-order valence-electron chi connectivity index (χ3n) is 6.13. The van der Waals surface area contributed by atoms with Gasteiger partial charge in [0.05, 0.1) is 36.0 Å². The number of carbonyl (C=O) groups excluding carboxylic acids is 2. The van der Waals surface area contributed by atoms with Gasteiger partial charge in [-0.1, -0.05) is 12.1 Å². The van der Waals surface area contributed by atoms with Gasteiger partial charge in [-0.15, -0.1) is 0 Å². The topological polar surface area (TPSA) is 84.4 Å². The van der Waals surface area contributed by atoms with Crippen LogP contribution in [0.1, 0.15) is 40.5 Å². The van der Waals surface area contributed by atoms with Crippen LogP contribution in [0.3, 0.4) is 0 Å². The minimum Gasteiger partial charge on any atom is -0.381 e. The van der Waals surface area contributed by atoms with Gasteiger partial charge in [0.1, 0.15) is 11.6 Å². The average Bonchev–Trinajstić information content (AvgIpc) is 2.87. The average molecular weight is 529 g/mol. The molecule has 3 heterocycles. The highest BCUT2D eigenvalue weighted by Gasteiger charge is 2.35. The third kappa shape index (κ3) is 5.28. The SMILES string of the molecule is CCN1C(=O)C/C(=C\COC)c2cc(-c3cc(NC(=O)c4cccc(C(F)(F)F)c4F)cnc3C)cnc21. The summed E-state index contributed by atoms with van der Waals surface area (Å²) in [4.78, 5) is 35.7. The number of hydrogen-bond acceptors (Lipinski definition) is 5. The normalized spacial score (nSPS) is 14.6. The molecule has 0 saturated heterocycles. The van der Waals surface area contributed by atoms with Crippen molar-refractivity contribution >= 4 is 28.9 Å². The number of nitrogens with zero attached hydrogens (tertiary/aromatic N) is 3. The molecule has 0 bridgehead atoms. The zero-order valence-corrected chi connectivity index (χ0v) is 20.8. The second-order valence-corrected chi connectivity index (χ2v) is 8.57. The zero-order chi connectivity index (χ0) is 27.6. The molecule has 0 unspecified atom stereocenters. The summed E-state index contributed by atoms with van der Waals surface area (Å²) in [5.74, 6) is -2.25. The Bertz CT molecular complexity index is 1440. The number of anilines is 2. The Labute approximate surface area is 216 Å². The first kappa shape index (κ1) is 26.9. The van der Waals surface area contributed by atoms with Gasteiger partial charge in [0, 0.05) is 42.2 Å². The van der Waals surface area contributed by atoms with Crippen LogP contribution >= 0.6 is 0 Å². The summed E-state index contributed by atoms with van der Waals surface area (Å²) in [5.41, 5.74) is 1.24. The minimum absolute atomic E-state index is 0.0769. The van der Waals surface area contributed by atoms with Crippen molar-refractivity contribution in [1.82, 2.24) is 9.97 Å². The molecule has 1 aromatic carbocycles. The number of amides is 2. The number of nitrogens with one attached hydrogen (secondary N) is 1. The molecule has 1 aliphatic heterocycles. The van der Waals surface area contributed by atoms with Gasteiger partial charge < -0.3 is 10.1 Å². The van der Waals surface area contributed by atoms with Crippen LogP contribution in [0.25, 0.3) is 16.7 Å². The highest BCUT2D eigenvalue weighted by Crippen LogP contribution is 2.37. The Morgan fingerprint density at radius 3 is 2.63 bits per heavy atom. The molecule has 2 amide bonds. The molecule has 0 atom stereocenters. The fourth-order valence-electron chi connectivity index (χ4n) is 4.24. The highest BCUT2D eigenvalue weighted by molar-refractivity contribution is 6.06. The van der Waals surface area contributed by atoms with Crippen molar-refractivity contribution in [3.63, 3.8) is 0 Å². The number of hydrogen-bond donors (Lipinski definition) is 1. The van der Waals surface area contributed by atoms with E-state index in [0.29, 0.717) is 41.9 Å².